The summed E-state index contributed by atoms with van der Waals surface area (Å²) in [6.45, 7) is 6.57. The van der Waals surface area contributed by atoms with Gasteiger partial charge in [-0.3, -0.25) is 9.59 Å². The number of para-hydroxylation sites is 1. The lowest BCUT2D eigenvalue weighted by Crippen LogP contribution is -2.29. The predicted molar refractivity (Wildman–Crippen MR) is 139 cm³/mol. The van der Waals surface area contributed by atoms with Crippen LogP contribution in [0.15, 0.2) is 78.4 Å². The van der Waals surface area contributed by atoms with Gasteiger partial charge in [-0.1, -0.05) is 69.3 Å². The number of likely N-dealkylation sites (tertiary alicyclic amines) is 1. The predicted octanol–water partition coefficient (Wildman–Crippen LogP) is 5.62. The van der Waals surface area contributed by atoms with E-state index in [1.807, 2.05) is 48.5 Å². The quantitative estimate of drug-likeness (QED) is 0.278. The van der Waals surface area contributed by atoms with Gasteiger partial charge in [0.15, 0.2) is 0 Å². The van der Waals surface area contributed by atoms with Crippen molar-refractivity contribution < 1.29 is 24.2 Å². The Hall–Kier alpha value is -4.06. The molecule has 186 valence electrons. The summed E-state index contributed by atoms with van der Waals surface area (Å²) in [6.07, 6.45) is 0. The Kier molecular flexibility index (Phi) is 6.88. The Morgan fingerprint density at radius 1 is 0.889 bits per heavy atom. The first kappa shape index (κ1) is 25.0. The van der Waals surface area contributed by atoms with Crippen molar-refractivity contribution in [3.05, 3.63) is 101 Å². The molecule has 0 aromatic heterocycles. The highest BCUT2D eigenvalue weighted by Crippen LogP contribution is 2.42. The van der Waals surface area contributed by atoms with Crippen LogP contribution >= 0.6 is 0 Å². The first-order valence-electron chi connectivity index (χ1n) is 11.8. The number of aliphatic hydroxyl groups is 1. The van der Waals surface area contributed by atoms with Crippen molar-refractivity contribution in [2.24, 2.45) is 0 Å². The Morgan fingerprint density at radius 3 is 2.11 bits per heavy atom. The van der Waals surface area contributed by atoms with Crippen molar-refractivity contribution >= 4 is 17.4 Å². The molecule has 4 rings (SSSR count). The average Bonchev–Trinajstić information content (AvgIpc) is 3.13. The zero-order valence-corrected chi connectivity index (χ0v) is 21.2. The minimum absolute atomic E-state index is 0.0431. The summed E-state index contributed by atoms with van der Waals surface area (Å²) in [6, 6.07) is 21.3. The van der Waals surface area contributed by atoms with Gasteiger partial charge in [0, 0.05) is 6.54 Å². The van der Waals surface area contributed by atoms with Crippen LogP contribution in [0.4, 0.5) is 0 Å². The van der Waals surface area contributed by atoms with E-state index >= 15 is 0 Å². The Balaban J connectivity index is 1.86. The van der Waals surface area contributed by atoms with E-state index in [9.17, 15) is 14.7 Å². The second-order valence-corrected chi connectivity index (χ2v) is 9.85. The van der Waals surface area contributed by atoms with Gasteiger partial charge < -0.3 is 19.5 Å². The Labute approximate surface area is 211 Å². The van der Waals surface area contributed by atoms with E-state index in [4.69, 9.17) is 9.47 Å². The second kappa shape index (κ2) is 9.90. The molecule has 1 unspecified atom stereocenters. The molecule has 1 amide bonds. The SMILES string of the molecule is COc1ccc(CN2C(=O)C(=O)/C(=C(\O)c3ccccc3OC)C2c2ccc(C(C)(C)C)cc2)cc1. The largest absolute Gasteiger partial charge is 0.507 e. The lowest BCUT2D eigenvalue weighted by molar-refractivity contribution is -0.140. The van der Waals surface area contributed by atoms with Gasteiger partial charge in [-0.05, 0) is 46.4 Å². The molecule has 1 saturated heterocycles. The van der Waals surface area contributed by atoms with Gasteiger partial charge >= 0.3 is 0 Å². The minimum Gasteiger partial charge on any atom is -0.507 e. The number of ketones is 1. The molecular formula is C30H31NO5. The normalized spacial score (nSPS) is 17.4. The number of benzene rings is 3. The molecule has 36 heavy (non-hydrogen) atoms. The van der Waals surface area contributed by atoms with Gasteiger partial charge in [-0.25, -0.2) is 0 Å². The fourth-order valence-corrected chi connectivity index (χ4v) is 4.47. The van der Waals surface area contributed by atoms with E-state index in [0.717, 1.165) is 16.7 Å². The van der Waals surface area contributed by atoms with Crippen molar-refractivity contribution in [2.75, 3.05) is 14.2 Å². The molecule has 0 saturated carbocycles. The van der Waals surface area contributed by atoms with Gasteiger partial charge in [0.05, 0.1) is 31.4 Å². The molecule has 0 radical (unpaired) electrons. The van der Waals surface area contributed by atoms with Gasteiger partial charge in [-0.2, -0.15) is 0 Å². The molecule has 6 nitrogen and oxygen atoms in total. The highest BCUT2D eigenvalue weighted by molar-refractivity contribution is 6.46. The number of carbonyl (C=O) groups is 2. The number of hydrogen-bond acceptors (Lipinski definition) is 5. The third-order valence-electron chi connectivity index (χ3n) is 6.51. The number of aliphatic hydroxyl groups excluding tert-OH is 1. The van der Waals surface area contributed by atoms with Crippen LogP contribution in [0.3, 0.4) is 0 Å². The molecule has 0 aliphatic carbocycles. The van der Waals surface area contributed by atoms with Gasteiger partial charge in [-0.15, -0.1) is 0 Å². The van der Waals surface area contributed by atoms with Crippen LogP contribution in [0.2, 0.25) is 0 Å². The van der Waals surface area contributed by atoms with Gasteiger partial charge in [0.1, 0.15) is 17.3 Å². The minimum atomic E-state index is -0.758. The Morgan fingerprint density at radius 2 is 1.53 bits per heavy atom. The monoisotopic (exact) mass is 485 g/mol. The lowest BCUT2D eigenvalue weighted by Gasteiger charge is -2.27. The molecule has 1 atom stereocenters. The van der Waals surface area contributed by atoms with E-state index in [2.05, 4.69) is 20.8 Å². The molecule has 1 N–H and O–H groups in total. The summed E-state index contributed by atoms with van der Waals surface area (Å²) in [4.78, 5) is 28.2. The van der Waals surface area contributed by atoms with E-state index in [1.165, 1.54) is 12.0 Å². The van der Waals surface area contributed by atoms with Crippen molar-refractivity contribution in [1.82, 2.24) is 4.90 Å². The first-order chi connectivity index (χ1) is 17.2. The van der Waals surface area contributed by atoms with E-state index in [0.29, 0.717) is 17.1 Å². The van der Waals surface area contributed by atoms with Gasteiger partial charge in [0.25, 0.3) is 11.7 Å². The third-order valence-corrected chi connectivity index (χ3v) is 6.51. The summed E-state index contributed by atoms with van der Waals surface area (Å²) in [7, 11) is 3.09. The zero-order chi connectivity index (χ0) is 26.0. The molecule has 3 aromatic carbocycles. The molecule has 1 aliphatic rings. The summed E-state index contributed by atoms with van der Waals surface area (Å²) < 4.78 is 10.6. The standard InChI is InChI=1S/C30H31NO5/c1-30(2,3)21-14-12-20(13-15-21)26-25(27(32)23-8-6-7-9-24(23)36-5)28(33)29(34)31(26)18-19-10-16-22(35-4)17-11-19/h6-17,26,32H,18H2,1-5H3/b27-25-. The molecular weight excluding hydrogens is 454 g/mol. The highest BCUT2D eigenvalue weighted by atomic mass is 16.5. The summed E-state index contributed by atoms with van der Waals surface area (Å²) >= 11 is 0. The molecule has 0 spiro atoms. The van der Waals surface area contributed by atoms with E-state index < -0.39 is 17.7 Å². The van der Waals surface area contributed by atoms with Crippen LogP contribution in [-0.4, -0.2) is 35.9 Å². The van der Waals surface area contributed by atoms with Crippen LogP contribution in [0.25, 0.3) is 5.76 Å². The van der Waals surface area contributed by atoms with Crippen molar-refractivity contribution in [3.63, 3.8) is 0 Å². The smallest absolute Gasteiger partial charge is 0.295 e. The maximum absolute atomic E-state index is 13.4. The number of methoxy groups -OCH3 is 2. The van der Waals surface area contributed by atoms with E-state index in [-0.39, 0.29) is 23.3 Å². The van der Waals surface area contributed by atoms with E-state index in [1.54, 1.807) is 31.4 Å². The summed E-state index contributed by atoms with van der Waals surface area (Å²) in [5.41, 5.74) is 3.06. The van der Waals surface area contributed by atoms with Crippen LogP contribution in [0.1, 0.15) is 49.1 Å². The average molecular weight is 486 g/mol. The van der Waals surface area contributed by atoms with Crippen LogP contribution in [0, 0.1) is 0 Å². The third kappa shape index (κ3) is 4.71. The van der Waals surface area contributed by atoms with Crippen LogP contribution < -0.4 is 9.47 Å². The topological polar surface area (TPSA) is 76.1 Å². The number of ether oxygens (including phenoxy) is 2. The Bertz CT molecular complexity index is 1300. The fourth-order valence-electron chi connectivity index (χ4n) is 4.47. The summed E-state index contributed by atoms with van der Waals surface area (Å²) in [5.74, 6) is -0.526. The zero-order valence-electron chi connectivity index (χ0n) is 21.2. The molecule has 1 fully saturated rings. The molecule has 3 aromatic rings. The maximum atomic E-state index is 13.4. The van der Waals surface area contributed by atoms with Crippen LogP contribution in [0.5, 0.6) is 11.5 Å². The number of carbonyl (C=O) groups excluding carboxylic acids is 2. The lowest BCUT2D eigenvalue weighted by atomic mass is 9.85. The van der Waals surface area contributed by atoms with Gasteiger partial charge in [0.2, 0.25) is 0 Å². The number of amides is 1. The van der Waals surface area contributed by atoms with Crippen LogP contribution in [-0.2, 0) is 21.5 Å². The molecule has 1 aliphatic heterocycles. The first-order valence-corrected chi connectivity index (χ1v) is 11.8. The van der Waals surface area contributed by atoms with Crippen molar-refractivity contribution in [3.8, 4) is 11.5 Å². The molecule has 6 heteroatoms. The number of nitrogens with zero attached hydrogens (tertiary/aromatic N) is 1. The fraction of sp³-hybridized carbons (Fsp3) is 0.267. The number of hydrogen-bond donors (Lipinski definition) is 1. The number of Topliss-reactive ketones (excluding diaryl/α,β-unsaturated/α-hetero) is 1. The maximum Gasteiger partial charge on any atom is 0.295 e. The molecule has 0 bridgehead atoms. The second-order valence-electron chi connectivity index (χ2n) is 9.85. The number of rotatable bonds is 6. The summed E-state index contributed by atoms with van der Waals surface area (Å²) in [5, 5.41) is 11.4. The van der Waals surface area contributed by atoms with Crippen molar-refractivity contribution in [2.45, 2.75) is 38.8 Å². The van der Waals surface area contributed by atoms with Crippen molar-refractivity contribution in [1.29, 1.82) is 0 Å². The molecule has 1 heterocycles. The highest BCUT2D eigenvalue weighted by Gasteiger charge is 2.46.